The molecule has 0 saturated carbocycles. The van der Waals surface area contributed by atoms with Gasteiger partial charge < -0.3 is 9.67 Å². The van der Waals surface area contributed by atoms with Gasteiger partial charge in [0, 0.05) is 18.5 Å². The molecule has 3 nitrogen and oxygen atoms in total. The Labute approximate surface area is 105 Å². The molecule has 0 spiro atoms. The molecule has 1 aliphatic rings. The Morgan fingerprint density at radius 2 is 2.06 bits per heavy atom. The fourth-order valence-corrected chi connectivity index (χ4v) is 2.56. The number of aliphatic hydroxyl groups is 1. The van der Waals surface area contributed by atoms with Crippen LogP contribution < -0.4 is 0 Å². The molecule has 1 N–H and O–H groups in total. The van der Waals surface area contributed by atoms with Gasteiger partial charge in [-0.1, -0.05) is 41.9 Å². The zero-order valence-electron chi connectivity index (χ0n) is 9.31. The average molecular weight is 249 g/mol. The van der Waals surface area contributed by atoms with Crippen molar-refractivity contribution in [2.24, 2.45) is 0 Å². The summed E-state index contributed by atoms with van der Waals surface area (Å²) in [5, 5.41) is 10.2. The van der Waals surface area contributed by atoms with Gasteiger partial charge in [0.25, 0.3) is 0 Å². The van der Waals surface area contributed by atoms with Crippen LogP contribution in [-0.4, -0.2) is 20.8 Å². The second-order valence-electron chi connectivity index (χ2n) is 4.34. The fourth-order valence-electron chi connectivity index (χ4n) is 2.30. The summed E-state index contributed by atoms with van der Waals surface area (Å²) in [4.78, 5) is 4.41. The Morgan fingerprint density at radius 1 is 1.29 bits per heavy atom. The Morgan fingerprint density at radius 3 is 2.82 bits per heavy atom. The number of halogens is 1. The predicted molar refractivity (Wildman–Crippen MR) is 67.0 cm³/mol. The second kappa shape index (κ2) is 4.17. The van der Waals surface area contributed by atoms with E-state index >= 15 is 0 Å². The van der Waals surface area contributed by atoms with Crippen LogP contribution in [0.1, 0.15) is 12.1 Å². The lowest BCUT2D eigenvalue weighted by Gasteiger charge is -2.21. The van der Waals surface area contributed by atoms with Crippen LogP contribution in [0, 0.1) is 0 Å². The number of aromatic nitrogens is 2. The van der Waals surface area contributed by atoms with Crippen molar-refractivity contribution < 1.29 is 5.11 Å². The molecule has 1 unspecified atom stereocenters. The van der Waals surface area contributed by atoms with Gasteiger partial charge in [0.1, 0.15) is 5.82 Å². The van der Waals surface area contributed by atoms with Crippen LogP contribution in [0.5, 0.6) is 0 Å². The number of hydrogen-bond donors (Lipinski definition) is 1. The summed E-state index contributed by atoms with van der Waals surface area (Å²) in [6.07, 6.45) is 1.07. The number of nitrogens with zero attached hydrogens (tertiary/aromatic N) is 2. The summed E-state index contributed by atoms with van der Waals surface area (Å²) in [7, 11) is 0. The maximum absolute atomic E-state index is 9.66. The standard InChI is InChI=1S/C13H13ClN2O/c14-12-11-8-10(17)6-7-16(11)13(15-12)9-4-2-1-3-5-9/h1-5,10,17H,6-8H2. The second-order valence-corrected chi connectivity index (χ2v) is 4.70. The topological polar surface area (TPSA) is 38.0 Å². The van der Waals surface area contributed by atoms with E-state index in [2.05, 4.69) is 9.55 Å². The fraction of sp³-hybridized carbons (Fsp3) is 0.308. The monoisotopic (exact) mass is 248 g/mol. The number of benzene rings is 1. The minimum atomic E-state index is -0.291. The normalized spacial score (nSPS) is 19.1. The first-order chi connectivity index (χ1) is 8.25. The van der Waals surface area contributed by atoms with Crippen molar-refractivity contribution in [2.45, 2.75) is 25.5 Å². The average Bonchev–Trinajstić information content (AvgIpc) is 2.68. The summed E-state index contributed by atoms with van der Waals surface area (Å²) >= 11 is 6.14. The molecule has 0 amide bonds. The Balaban J connectivity index is 2.11. The van der Waals surface area contributed by atoms with E-state index in [0.717, 1.165) is 30.0 Å². The molecular weight excluding hydrogens is 236 g/mol. The van der Waals surface area contributed by atoms with Crippen LogP contribution in [0.3, 0.4) is 0 Å². The van der Waals surface area contributed by atoms with Crippen LogP contribution in [0.15, 0.2) is 30.3 Å². The number of hydrogen-bond acceptors (Lipinski definition) is 2. The van der Waals surface area contributed by atoms with Crippen molar-refractivity contribution in [1.82, 2.24) is 9.55 Å². The lowest BCUT2D eigenvalue weighted by molar-refractivity contribution is 0.144. The maximum atomic E-state index is 9.66. The number of fused-ring (bicyclic) bond motifs is 1. The zero-order chi connectivity index (χ0) is 11.8. The van der Waals surface area contributed by atoms with Crippen LogP contribution in [-0.2, 0) is 13.0 Å². The van der Waals surface area contributed by atoms with E-state index in [1.807, 2.05) is 30.3 Å². The third-order valence-corrected chi connectivity index (χ3v) is 3.47. The van der Waals surface area contributed by atoms with Gasteiger partial charge in [-0.3, -0.25) is 0 Å². The molecule has 1 aromatic carbocycles. The molecule has 3 rings (SSSR count). The van der Waals surface area contributed by atoms with Crippen molar-refractivity contribution in [3.8, 4) is 11.4 Å². The van der Waals surface area contributed by atoms with E-state index < -0.39 is 0 Å². The molecule has 2 heterocycles. The predicted octanol–water partition coefficient (Wildman–Crippen LogP) is 2.51. The minimum absolute atomic E-state index is 0.291. The third kappa shape index (κ3) is 1.85. The molecule has 0 aliphatic carbocycles. The number of imidazole rings is 1. The molecule has 1 aliphatic heterocycles. The van der Waals surface area contributed by atoms with Gasteiger partial charge in [-0.15, -0.1) is 0 Å². The lowest BCUT2D eigenvalue weighted by Crippen LogP contribution is -2.23. The molecule has 0 saturated heterocycles. The SMILES string of the molecule is OC1CCn2c(-c3ccccc3)nc(Cl)c2C1. The van der Waals surface area contributed by atoms with Crippen LogP contribution in [0.25, 0.3) is 11.4 Å². The van der Waals surface area contributed by atoms with Gasteiger partial charge >= 0.3 is 0 Å². The highest BCUT2D eigenvalue weighted by Gasteiger charge is 2.23. The summed E-state index contributed by atoms with van der Waals surface area (Å²) in [5.41, 5.74) is 2.02. The summed E-state index contributed by atoms with van der Waals surface area (Å²) < 4.78 is 2.12. The molecule has 88 valence electrons. The van der Waals surface area contributed by atoms with E-state index in [9.17, 15) is 5.11 Å². The van der Waals surface area contributed by atoms with Crippen LogP contribution in [0.4, 0.5) is 0 Å². The van der Waals surface area contributed by atoms with Crippen molar-refractivity contribution in [3.05, 3.63) is 41.2 Å². The summed E-state index contributed by atoms with van der Waals surface area (Å²) in [6.45, 7) is 0.778. The maximum Gasteiger partial charge on any atom is 0.151 e. The highest BCUT2D eigenvalue weighted by Crippen LogP contribution is 2.29. The highest BCUT2D eigenvalue weighted by molar-refractivity contribution is 6.30. The zero-order valence-corrected chi connectivity index (χ0v) is 10.1. The van der Waals surface area contributed by atoms with E-state index in [-0.39, 0.29) is 6.10 Å². The molecule has 4 heteroatoms. The summed E-state index contributed by atoms with van der Waals surface area (Å²) in [6, 6.07) is 10.0. The van der Waals surface area contributed by atoms with E-state index in [1.165, 1.54) is 0 Å². The minimum Gasteiger partial charge on any atom is -0.393 e. The first-order valence-corrected chi connectivity index (χ1v) is 6.12. The molecule has 0 bridgehead atoms. The number of rotatable bonds is 1. The largest absolute Gasteiger partial charge is 0.393 e. The van der Waals surface area contributed by atoms with Crippen molar-refractivity contribution in [1.29, 1.82) is 0 Å². The first kappa shape index (κ1) is 10.8. The third-order valence-electron chi connectivity index (χ3n) is 3.17. The van der Waals surface area contributed by atoms with Gasteiger partial charge in [-0.2, -0.15) is 0 Å². The molecule has 0 fully saturated rings. The van der Waals surface area contributed by atoms with Gasteiger partial charge in [0.15, 0.2) is 5.15 Å². The molecule has 1 aromatic heterocycles. The smallest absolute Gasteiger partial charge is 0.151 e. The lowest BCUT2D eigenvalue weighted by atomic mass is 10.1. The van der Waals surface area contributed by atoms with E-state index in [4.69, 9.17) is 11.6 Å². The van der Waals surface area contributed by atoms with Gasteiger partial charge in [-0.05, 0) is 6.42 Å². The molecule has 2 aromatic rings. The van der Waals surface area contributed by atoms with Gasteiger partial charge in [0.05, 0.1) is 11.8 Å². The molecule has 17 heavy (non-hydrogen) atoms. The Hall–Kier alpha value is -1.32. The van der Waals surface area contributed by atoms with Crippen molar-refractivity contribution in [2.75, 3.05) is 0 Å². The van der Waals surface area contributed by atoms with Crippen LogP contribution in [0.2, 0.25) is 5.15 Å². The molecule has 0 radical (unpaired) electrons. The molecule has 1 atom stereocenters. The van der Waals surface area contributed by atoms with E-state index in [1.54, 1.807) is 0 Å². The highest BCUT2D eigenvalue weighted by atomic mass is 35.5. The van der Waals surface area contributed by atoms with Crippen molar-refractivity contribution in [3.63, 3.8) is 0 Å². The van der Waals surface area contributed by atoms with E-state index in [0.29, 0.717) is 11.6 Å². The first-order valence-electron chi connectivity index (χ1n) is 5.74. The summed E-state index contributed by atoms with van der Waals surface area (Å²) in [5.74, 6) is 0.900. The Kier molecular flexibility index (Phi) is 2.65. The van der Waals surface area contributed by atoms with Gasteiger partial charge in [0.2, 0.25) is 0 Å². The van der Waals surface area contributed by atoms with Gasteiger partial charge in [-0.25, -0.2) is 4.98 Å². The molecular formula is C13H13ClN2O. The number of aliphatic hydroxyl groups excluding tert-OH is 1. The van der Waals surface area contributed by atoms with Crippen LogP contribution >= 0.6 is 11.6 Å². The Bertz CT molecular complexity index is 536. The van der Waals surface area contributed by atoms with Crippen molar-refractivity contribution >= 4 is 11.6 Å². The quantitative estimate of drug-likeness (QED) is 0.842.